The van der Waals surface area contributed by atoms with Crippen LogP contribution in [-0.2, 0) is 0 Å². The topological polar surface area (TPSA) is 56.4 Å². The second-order valence-electron chi connectivity index (χ2n) is 3.42. The molecular weight excluding hydrogens is 152 g/mol. The number of amidine groups is 1. The lowest BCUT2D eigenvalue weighted by molar-refractivity contribution is 0.157. The van der Waals surface area contributed by atoms with Gasteiger partial charge in [-0.1, -0.05) is 0 Å². The molecule has 0 aromatic rings. The summed E-state index contributed by atoms with van der Waals surface area (Å²) < 4.78 is 0. The van der Waals surface area contributed by atoms with E-state index in [0.29, 0.717) is 12.3 Å². The van der Waals surface area contributed by atoms with Crippen molar-refractivity contribution >= 4 is 5.84 Å². The minimum absolute atomic E-state index is 0.300. The van der Waals surface area contributed by atoms with Crippen LogP contribution in [0.5, 0.6) is 0 Å². The molecule has 1 saturated heterocycles. The third-order valence-corrected chi connectivity index (χ3v) is 2.29. The Morgan fingerprint density at radius 3 is 2.42 bits per heavy atom. The van der Waals surface area contributed by atoms with Gasteiger partial charge in [0.1, 0.15) is 0 Å². The molecule has 1 aliphatic heterocycles. The molecule has 0 aromatic carbocycles. The maximum Gasteiger partial charge on any atom is 0.0918 e. The van der Waals surface area contributed by atoms with Crippen LogP contribution in [0.3, 0.4) is 0 Å². The van der Waals surface area contributed by atoms with E-state index >= 15 is 0 Å². The summed E-state index contributed by atoms with van der Waals surface area (Å²) in [5, 5.41) is 7.09. The molecule has 0 amide bonds. The van der Waals surface area contributed by atoms with E-state index in [9.17, 15) is 0 Å². The fraction of sp³-hybridized carbons (Fsp3) is 0.875. The van der Waals surface area contributed by atoms with E-state index in [4.69, 9.17) is 11.1 Å². The molecular formula is C8H18N4. The first-order valence-corrected chi connectivity index (χ1v) is 4.42. The molecule has 0 unspecified atom stereocenters. The molecule has 1 rings (SSSR count). The Morgan fingerprint density at radius 2 is 1.92 bits per heavy atom. The summed E-state index contributed by atoms with van der Waals surface area (Å²) in [6.07, 6.45) is 0.712. The quantitative estimate of drug-likeness (QED) is 0.446. The van der Waals surface area contributed by atoms with E-state index < -0.39 is 0 Å². The van der Waals surface area contributed by atoms with Crippen LogP contribution < -0.4 is 5.73 Å². The first-order chi connectivity index (χ1) is 5.68. The summed E-state index contributed by atoms with van der Waals surface area (Å²) in [7, 11) is 2.14. The summed E-state index contributed by atoms with van der Waals surface area (Å²) in [4.78, 5) is 4.69. The molecule has 12 heavy (non-hydrogen) atoms. The predicted octanol–water partition coefficient (Wildman–Crippen LogP) is -0.440. The van der Waals surface area contributed by atoms with Gasteiger partial charge >= 0.3 is 0 Å². The van der Waals surface area contributed by atoms with E-state index in [2.05, 4.69) is 16.8 Å². The van der Waals surface area contributed by atoms with Gasteiger partial charge in [-0.2, -0.15) is 0 Å². The van der Waals surface area contributed by atoms with Crippen molar-refractivity contribution in [3.8, 4) is 0 Å². The van der Waals surface area contributed by atoms with Crippen molar-refractivity contribution in [2.24, 2.45) is 5.73 Å². The van der Waals surface area contributed by atoms with Crippen molar-refractivity contribution < 1.29 is 0 Å². The zero-order valence-corrected chi connectivity index (χ0v) is 7.71. The van der Waals surface area contributed by atoms with E-state index in [1.165, 1.54) is 0 Å². The van der Waals surface area contributed by atoms with Crippen molar-refractivity contribution in [1.29, 1.82) is 5.41 Å². The number of hydrogen-bond donors (Lipinski definition) is 2. The minimum atomic E-state index is 0.300. The van der Waals surface area contributed by atoms with E-state index in [1.807, 2.05) is 0 Å². The van der Waals surface area contributed by atoms with Gasteiger partial charge in [0.25, 0.3) is 0 Å². The van der Waals surface area contributed by atoms with E-state index in [1.54, 1.807) is 0 Å². The minimum Gasteiger partial charge on any atom is -0.388 e. The highest BCUT2D eigenvalue weighted by Gasteiger charge is 2.12. The zero-order valence-electron chi connectivity index (χ0n) is 7.71. The molecule has 0 atom stereocenters. The van der Waals surface area contributed by atoms with Gasteiger partial charge in [-0.15, -0.1) is 0 Å². The SMILES string of the molecule is CN1CCN(CCC(=N)N)CC1. The summed E-state index contributed by atoms with van der Waals surface area (Å²) in [5.74, 6) is 0.300. The van der Waals surface area contributed by atoms with Gasteiger partial charge in [-0.05, 0) is 7.05 Å². The normalized spacial score (nSPS) is 21.1. The molecule has 1 heterocycles. The second-order valence-corrected chi connectivity index (χ2v) is 3.42. The van der Waals surface area contributed by atoms with Crippen LogP contribution >= 0.6 is 0 Å². The Morgan fingerprint density at radius 1 is 1.33 bits per heavy atom. The highest BCUT2D eigenvalue weighted by Crippen LogP contribution is 1.99. The number of nitrogens with two attached hydrogens (primary N) is 1. The van der Waals surface area contributed by atoms with Crippen molar-refractivity contribution in [1.82, 2.24) is 9.80 Å². The molecule has 0 aliphatic carbocycles. The number of piperazine rings is 1. The van der Waals surface area contributed by atoms with Gasteiger partial charge in [0, 0.05) is 39.1 Å². The number of nitrogens with one attached hydrogen (secondary N) is 1. The molecule has 4 heteroatoms. The van der Waals surface area contributed by atoms with E-state index in [0.717, 1.165) is 32.7 Å². The molecule has 0 saturated carbocycles. The molecule has 0 aromatic heterocycles. The summed E-state index contributed by atoms with van der Waals surface area (Å²) in [6.45, 7) is 5.45. The van der Waals surface area contributed by atoms with Gasteiger partial charge in [-0.25, -0.2) is 0 Å². The molecule has 0 spiro atoms. The lowest BCUT2D eigenvalue weighted by atomic mass is 10.3. The third-order valence-electron chi connectivity index (χ3n) is 2.29. The standard InChI is InChI=1S/C8H18N4/c1-11-4-6-12(7-5-11)3-2-8(9)10/h2-7H2,1H3,(H3,9,10). The summed E-state index contributed by atoms with van der Waals surface area (Å²) in [5.41, 5.74) is 5.28. The van der Waals surface area contributed by atoms with Crippen LogP contribution in [-0.4, -0.2) is 55.4 Å². The van der Waals surface area contributed by atoms with E-state index in [-0.39, 0.29) is 0 Å². The first kappa shape index (κ1) is 9.48. The molecule has 0 radical (unpaired) electrons. The van der Waals surface area contributed by atoms with Crippen molar-refractivity contribution in [3.05, 3.63) is 0 Å². The molecule has 0 bridgehead atoms. The summed E-state index contributed by atoms with van der Waals surface area (Å²) >= 11 is 0. The average Bonchev–Trinajstić information content (AvgIpc) is 2.03. The summed E-state index contributed by atoms with van der Waals surface area (Å²) in [6, 6.07) is 0. The van der Waals surface area contributed by atoms with Crippen LogP contribution in [0, 0.1) is 5.41 Å². The monoisotopic (exact) mass is 170 g/mol. The Labute approximate surface area is 73.8 Å². The molecule has 70 valence electrons. The Hall–Kier alpha value is -0.610. The second kappa shape index (κ2) is 4.42. The number of rotatable bonds is 3. The molecule has 1 fully saturated rings. The highest BCUT2D eigenvalue weighted by molar-refractivity contribution is 5.76. The van der Waals surface area contributed by atoms with Crippen molar-refractivity contribution in [3.63, 3.8) is 0 Å². The maximum absolute atomic E-state index is 7.09. The Kier molecular flexibility index (Phi) is 3.49. The lowest BCUT2D eigenvalue weighted by Crippen LogP contribution is -2.45. The third kappa shape index (κ3) is 3.19. The smallest absolute Gasteiger partial charge is 0.0918 e. The average molecular weight is 170 g/mol. The highest BCUT2D eigenvalue weighted by atomic mass is 15.2. The lowest BCUT2D eigenvalue weighted by Gasteiger charge is -2.32. The Balaban J connectivity index is 2.13. The van der Waals surface area contributed by atoms with Crippen LogP contribution in [0.2, 0.25) is 0 Å². The van der Waals surface area contributed by atoms with Crippen molar-refractivity contribution in [2.45, 2.75) is 6.42 Å². The predicted molar refractivity (Wildman–Crippen MR) is 50.5 cm³/mol. The molecule has 4 nitrogen and oxygen atoms in total. The number of nitrogens with zero attached hydrogens (tertiary/aromatic N) is 2. The van der Waals surface area contributed by atoms with Crippen LogP contribution in [0.15, 0.2) is 0 Å². The van der Waals surface area contributed by atoms with Crippen LogP contribution in [0.1, 0.15) is 6.42 Å². The van der Waals surface area contributed by atoms with Gasteiger partial charge < -0.3 is 15.5 Å². The molecule has 3 N–H and O–H groups in total. The number of hydrogen-bond acceptors (Lipinski definition) is 3. The van der Waals surface area contributed by atoms with Gasteiger partial charge in [0.05, 0.1) is 5.84 Å². The fourth-order valence-electron chi connectivity index (χ4n) is 1.35. The fourth-order valence-corrected chi connectivity index (χ4v) is 1.35. The van der Waals surface area contributed by atoms with Gasteiger partial charge in [0.15, 0.2) is 0 Å². The van der Waals surface area contributed by atoms with Crippen LogP contribution in [0.4, 0.5) is 0 Å². The van der Waals surface area contributed by atoms with Gasteiger partial charge in [0.2, 0.25) is 0 Å². The Bertz CT molecular complexity index is 149. The van der Waals surface area contributed by atoms with Crippen molar-refractivity contribution in [2.75, 3.05) is 39.8 Å². The zero-order chi connectivity index (χ0) is 8.97. The first-order valence-electron chi connectivity index (χ1n) is 4.42. The van der Waals surface area contributed by atoms with Crippen LogP contribution in [0.25, 0.3) is 0 Å². The molecule has 1 aliphatic rings. The van der Waals surface area contributed by atoms with Gasteiger partial charge in [-0.3, -0.25) is 5.41 Å². The maximum atomic E-state index is 7.09. The number of likely N-dealkylation sites (N-methyl/N-ethyl adjacent to an activating group) is 1. The largest absolute Gasteiger partial charge is 0.388 e.